The van der Waals surface area contributed by atoms with Crippen molar-refractivity contribution in [3.05, 3.63) is 29.8 Å². The summed E-state index contributed by atoms with van der Waals surface area (Å²) < 4.78 is 16.2. The molecule has 0 bridgehead atoms. The highest BCUT2D eigenvalue weighted by Gasteiger charge is 2.33. The van der Waals surface area contributed by atoms with Gasteiger partial charge in [0.15, 0.2) is 0 Å². The van der Waals surface area contributed by atoms with Crippen molar-refractivity contribution in [1.29, 1.82) is 0 Å². The van der Waals surface area contributed by atoms with Gasteiger partial charge in [0.1, 0.15) is 12.5 Å². The zero-order chi connectivity index (χ0) is 13.7. The van der Waals surface area contributed by atoms with Crippen LogP contribution in [-0.2, 0) is 9.47 Å². The Morgan fingerprint density at radius 3 is 2.74 bits per heavy atom. The van der Waals surface area contributed by atoms with Crippen molar-refractivity contribution in [2.75, 3.05) is 21.0 Å². The van der Waals surface area contributed by atoms with Crippen molar-refractivity contribution >= 4 is 0 Å². The Kier molecular flexibility index (Phi) is 5.19. The van der Waals surface area contributed by atoms with Gasteiger partial charge in [0.25, 0.3) is 0 Å². The molecule has 1 N–H and O–H groups in total. The van der Waals surface area contributed by atoms with Gasteiger partial charge in [0, 0.05) is 13.0 Å². The van der Waals surface area contributed by atoms with E-state index in [0.29, 0.717) is 6.42 Å². The van der Waals surface area contributed by atoms with Crippen molar-refractivity contribution in [3.63, 3.8) is 0 Å². The van der Waals surface area contributed by atoms with E-state index in [2.05, 4.69) is 0 Å². The van der Waals surface area contributed by atoms with Crippen LogP contribution in [0.2, 0.25) is 0 Å². The quantitative estimate of drug-likeness (QED) is 0.831. The van der Waals surface area contributed by atoms with Gasteiger partial charge in [-0.25, -0.2) is 0 Å². The van der Waals surface area contributed by atoms with Crippen molar-refractivity contribution < 1.29 is 19.3 Å². The summed E-state index contributed by atoms with van der Waals surface area (Å²) in [5.74, 6) is 1.00. The average molecular weight is 266 g/mol. The second-order valence-electron chi connectivity index (χ2n) is 4.93. The SMILES string of the molecule is COCO[C@@H]1CC[C@H](O)C[C@H]1c1ccccc1OC. The fraction of sp³-hybridized carbons (Fsp3) is 0.600. The molecule has 0 unspecified atom stereocenters. The van der Waals surface area contributed by atoms with E-state index in [1.54, 1.807) is 14.2 Å². The fourth-order valence-corrected chi connectivity index (χ4v) is 2.78. The van der Waals surface area contributed by atoms with Gasteiger partial charge in [0.05, 0.1) is 19.3 Å². The molecule has 4 nitrogen and oxygen atoms in total. The molecule has 19 heavy (non-hydrogen) atoms. The minimum Gasteiger partial charge on any atom is -0.496 e. The number of aliphatic hydroxyl groups is 1. The van der Waals surface area contributed by atoms with Crippen LogP contribution in [0.15, 0.2) is 24.3 Å². The Balaban J connectivity index is 2.20. The Morgan fingerprint density at radius 1 is 1.21 bits per heavy atom. The molecule has 0 radical (unpaired) electrons. The number of hydrogen-bond acceptors (Lipinski definition) is 4. The van der Waals surface area contributed by atoms with Crippen LogP contribution in [-0.4, -0.2) is 38.3 Å². The molecule has 0 amide bonds. The van der Waals surface area contributed by atoms with E-state index in [-0.39, 0.29) is 24.9 Å². The van der Waals surface area contributed by atoms with Gasteiger partial charge in [-0.3, -0.25) is 0 Å². The van der Waals surface area contributed by atoms with Gasteiger partial charge in [-0.15, -0.1) is 0 Å². The van der Waals surface area contributed by atoms with Crippen molar-refractivity contribution in [3.8, 4) is 5.75 Å². The fourth-order valence-electron chi connectivity index (χ4n) is 2.78. The normalized spacial score (nSPS) is 27.2. The third-order valence-corrected chi connectivity index (χ3v) is 3.70. The molecule has 0 heterocycles. The molecule has 1 saturated carbocycles. The summed E-state index contributed by atoms with van der Waals surface area (Å²) >= 11 is 0. The first-order chi connectivity index (χ1) is 9.26. The predicted octanol–water partition coefficient (Wildman–Crippen LogP) is 2.31. The summed E-state index contributed by atoms with van der Waals surface area (Å²) in [5, 5.41) is 9.92. The number of para-hydroxylation sites is 1. The molecular formula is C15H22O4. The van der Waals surface area contributed by atoms with Crippen molar-refractivity contribution in [2.45, 2.75) is 37.4 Å². The predicted molar refractivity (Wildman–Crippen MR) is 72.3 cm³/mol. The molecule has 0 saturated heterocycles. The Morgan fingerprint density at radius 2 is 2.00 bits per heavy atom. The van der Waals surface area contributed by atoms with E-state index < -0.39 is 0 Å². The average Bonchev–Trinajstić information content (AvgIpc) is 2.46. The molecule has 0 spiro atoms. The lowest BCUT2D eigenvalue weighted by atomic mass is 9.80. The number of rotatable bonds is 5. The molecule has 106 valence electrons. The molecule has 1 aliphatic rings. The Hall–Kier alpha value is -1.10. The number of hydrogen-bond donors (Lipinski definition) is 1. The molecular weight excluding hydrogens is 244 g/mol. The lowest BCUT2D eigenvalue weighted by Crippen LogP contribution is -2.33. The van der Waals surface area contributed by atoms with E-state index >= 15 is 0 Å². The van der Waals surface area contributed by atoms with Gasteiger partial charge in [-0.1, -0.05) is 18.2 Å². The van der Waals surface area contributed by atoms with E-state index in [1.807, 2.05) is 24.3 Å². The smallest absolute Gasteiger partial charge is 0.146 e. The number of methoxy groups -OCH3 is 2. The number of ether oxygens (including phenoxy) is 3. The highest BCUT2D eigenvalue weighted by atomic mass is 16.7. The summed E-state index contributed by atoms with van der Waals surface area (Å²) in [4.78, 5) is 0. The van der Waals surface area contributed by atoms with Crippen molar-refractivity contribution in [2.24, 2.45) is 0 Å². The van der Waals surface area contributed by atoms with E-state index in [1.165, 1.54) is 0 Å². The van der Waals surface area contributed by atoms with Crippen LogP contribution in [0, 0.1) is 0 Å². The first-order valence-corrected chi connectivity index (χ1v) is 6.67. The Bertz CT molecular complexity index is 391. The molecule has 0 aliphatic heterocycles. The summed E-state index contributed by atoms with van der Waals surface area (Å²) in [7, 11) is 3.29. The second-order valence-corrected chi connectivity index (χ2v) is 4.93. The first-order valence-electron chi connectivity index (χ1n) is 6.67. The molecule has 1 aromatic rings. The van der Waals surface area contributed by atoms with Crippen molar-refractivity contribution in [1.82, 2.24) is 0 Å². The van der Waals surface area contributed by atoms with Gasteiger partial charge >= 0.3 is 0 Å². The molecule has 0 aromatic heterocycles. The molecule has 2 rings (SSSR count). The van der Waals surface area contributed by atoms with Crippen LogP contribution >= 0.6 is 0 Å². The number of benzene rings is 1. The molecule has 3 atom stereocenters. The monoisotopic (exact) mass is 266 g/mol. The van der Waals surface area contributed by atoms with Crippen LogP contribution in [0.4, 0.5) is 0 Å². The van der Waals surface area contributed by atoms with E-state index in [0.717, 1.165) is 24.2 Å². The van der Waals surface area contributed by atoms with Crippen LogP contribution < -0.4 is 4.74 Å². The van der Waals surface area contributed by atoms with E-state index in [9.17, 15) is 5.11 Å². The molecule has 1 fully saturated rings. The number of aliphatic hydroxyl groups excluding tert-OH is 1. The maximum Gasteiger partial charge on any atom is 0.146 e. The zero-order valence-corrected chi connectivity index (χ0v) is 11.5. The standard InChI is InChI=1S/C15H22O4/c1-17-10-19-15-8-7-11(16)9-13(15)12-5-3-4-6-14(12)18-2/h3-6,11,13,15-16H,7-10H2,1-2H3/t11-,13-,15+/m0/s1. The second kappa shape index (κ2) is 6.89. The summed E-state index contributed by atoms with van der Waals surface area (Å²) in [6, 6.07) is 7.94. The topological polar surface area (TPSA) is 47.9 Å². The van der Waals surface area contributed by atoms with Gasteiger partial charge in [0.2, 0.25) is 0 Å². The molecule has 1 aromatic carbocycles. The van der Waals surface area contributed by atoms with Crippen LogP contribution in [0.1, 0.15) is 30.7 Å². The summed E-state index contributed by atoms with van der Waals surface area (Å²) in [5.41, 5.74) is 1.10. The Labute approximate surface area is 114 Å². The minimum absolute atomic E-state index is 0.0691. The molecule has 4 heteroatoms. The highest BCUT2D eigenvalue weighted by Crippen LogP contribution is 2.39. The summed E-state index contributed by atoms with van der Waals surface area (Å²) in [6.07, 6.45) is 2.12. The van der Waals surface area contributed by atoms with Crippen LogP contribution in [0.3, 0.4) is 0 Å². The summed E-state index contributed by atoms with van der Waals surface area (Å²) in [6.45, 7) is 0.284. The van der Waals surface area contributed by atoms with Gasteiger partial charge in [-0.05, 0) is 30.9 Å². The first kappa shape index (κ1) is 14.3. The van der Waals surface area contributed by atoms with Gasteiger partial charge in [-0.2, -0.15) is 0 Å². The largest absolute Gasteiger partial charge is 0.496 e. The highest BCUT2D eigenvalue weighted by molar-refractivity contribution is 5.37. The third-order valence-electron chi connectivity index (χ3n) is 3.70. The lowest BCUT2D eigenvalue weighted by molar-refractivity contribution is -0.1000. The molecule has 1 aliphatic carbocycles. The lowest BCUT2D eigenvalue weighted by Gasteiger charge is -2.34. The van der Waals surface area contributed by atoms with Crippen LogP contribution in [0.25, 0.3) is 0 Å². The van der Waals surface area contributed by atoms with Gasteiger partial charge < -0.3 is 19.3 Å². The minimum atomic E-state index is -0.266. The third kappa shape index (κ3) is 3.47. The maximum atomic E-state index is 9.92. The maximum absolute atomic E-state index is 9.92. The van der Waals surface area contributed by atoms with E-state index in [4.69, 9.17) is 14.2 Å². The van der Waals surface area contributed by atoms with Crippen LogP contribution in [0.5, 0.6) is 5.75 Å². The zero-order valence-electron chi connectivity index (χ0n) is 11.5.